The van der Waals surface area contributed by atoms with Gasteiger partial charge in [0.2, 0.25) is 5.78 Å². The van der Waals surface area contributed by atoms with E-state index in [2.05, 4.69) is 4.98 Å². The highest BCUT2D eigenvalue weighted by molar-refractivity contribution is 6.08. The Morgan fingerprint density at radius 2 is 1.83 bits per heavy atom. The highest BCUT2D eigenvalue weighted by atomic mass is 19.1. The number of carbonyl (C=O) groups is 1. The number of ketones is 1. The van der Waals surface area contributed by atoms with E-state index in [1.54, 1.807) is 37.3 Å². The SMILES string of the molecule is Cc1cc(-c2cccc(C(=O)c3cc(O)cc(F)c3)n2)ccc1O. The van der Waals surface area contributed by atoms with E-state index in [1.807, 2.05) is 0 Å². The average Bonchev–Trinajstić information content (AvgIpc) is 2.56. The largest absolute Gasteiger partial charge is 0.508 e. The summed E-state index contributed by atoms with van der Waals surface area (Å²) in [6.07, 6.45) is 0. The summed E-state index contributed by atoms with van der Waals surface area (Å²) < 4.78 is 13.4. The van der Waals surface area contributed by atoms with Crippen LogP contribution in [0.15, 0.2) is 54.6 Å². The van der Waals surface area contributed by atoms with Gasteiger partial charge in [0, 0.05) is 17.2 Å². The average molecular weight is 323 g/mol. The molecule has 0 aliphatic rings. The number of hydrogen-bond acceptors (Lipinski definition) is 4. The highest BCUT2D eigenvalue weighted by Gasteiger charge is 2.14. The van der Waals surface area contributed by atoms with Gasteiger partial charge in [-0.05, 0) is 55.0 Å². The van der Waals surface area contributed by atoms with Crippen molar-refractivity contribution in [2.24, 2.45) is 0 Å². The molecule has 0 bridgehead atoms. The fraction of sp³-hybridized carbons (Fsp3) is 0.0526. The summed E-state index contributed by atoms with van der Waals surface area (Å²) >= 11 is 0. The van der Waals surface area contributed by atoms with E-state index >= 15 is 0 Å². The third-order valence-electron chi connectivity index (χ3n) is 3.62. The first kappa shape index (κ1) is 15.7. The van der Waals surface area contributed by atoms with Crippen LogP contribution >= 0.6 is 0 Å². The lowest BCUT2D eigenvalue weighted by molar-refractivity contribution is 0.103. The Labute approximate surface area is 137 Å². The Bertz CT molecular complexity index is 917. The van der Waals surface area contributed by atoms with Gasteiger partial charge in [0.25, 0.3) is 0 Å². The van der Waals surface area contributed by atoms with E-state index in [1.165, 1.54) is 12.1 Å². The Balaban J connectivity index is 2.00. The minimum atomic E-state index is -0.691. The zero-order chi connectivity index (χ0) is 17.3. The topological polar surface area (TPSA) is 70.4 Å². The Hall–Kier alpha value is -3.21. The second-order valence-corrected chi connectivity index (χ2v) is 5.44. The minimum Gasteiger partial charge on any atom is -0.508 e. The van der Waals surface area contributed by atoms with Gasteiger partial charge in [-0.25, -0.2) is 9.37 Å². The molecule has 0 aliphatic heterocycles. The molecule has 2 aromatic carbocycles. The van der Waals surface area contributed by atoms with E-state index in [-0.39, 0.29) is 22.8 Å². The summed E-state index contributed by atoms with van der Waals surface area (Å²) in [6, 6.07) is 13.2. The zero-order valence-corrected chi connectivity index (χ0v) is 12.8. The van der Waals surface area contributed by atoms with Crippen LogP contribution in [-0.4, -0.2) is 21.0 Å². The van der Waals surface area contributed by atoms with Crippen molar-refractivity contribution in [3.63, 3.8) is 0 Å². The number of aromatic hydroxyl groups is 2. The number of rotatable bonds is 3. The van der Waals surface area contributed by atoms with Gasteiger partial charge in [0.05, 0.1) is 5.69 Å². The van der Waals surface area contributed by atoms with Crippen molar-refractivity contribution in [3.05, 3.63) is 77.2 Å². The lowest BCUT2D eigenvalue weighted by Crippen LogP contribution is -2.05. The van der Waals surface area contributed by atoms with E-state index in [0.29, 0.717) is 11.3 Å². The van der Waals surface area contributed by atoms with Crippen LogP contribution in [0.1, 0.15) is 21.6 Å². The van der Waals surface area contributed by atoms with Crippen molar-refractivity contribution in [2.45, 2.75) is 6.92 Å². The molecule has 0 radical (unpaired) electrons. The van der Waals surface area contributed by atoms with E-state index in [0.717, 1.165) is 17.7 Å². The van der Waals surface area contributed by atoms with Crippen molar-refractivity contribution in [1.29, 1.82) is 0 Å². The molecule has 120 valence electrons. The molecule has 0 saturated heterocycles. The lowest BCUT2D eigenvalue weighted by Gasteiger charge is -2.07. The van der Waals surface area contributed by atoms with Crippen LogP contribution in [0.2, 0.25) is 0 Å². The van der Waals surface area contributed by atoms with Crippen LogP contribution in [0.3, 0.4) is 0 Å². The fourth-order valence-electron chi connectivity index (χ4n) is 2.39. The van der Waals surface area contributed by atoms with Crippen LogP contribution in [0, 0.1) is 12.7 Å². The van der Waals surface area contributed by atoms with Crippen molar-refractivity contribution in [3.8, 4) is 22.8 Å². The van der Waals surface area contributed by atoms with Crippen LogP contribution in [-0.2, 0) is 0 Å². The summed E-state index contributed by atoms with van der Waals surface area (Å²) in [6.45, 7) is 1.77. The van der Waals surface area contributed by atoms with Gasteiger partial charge < -0.3 is 10.2 Å². The van der Waals surface area contributed by atoms with Crippen molar-refractivity contribution in [2.75, 3.05) is 0 Å². The number of aromatic nitrogens is 1. The molecule has 5 heteroatoms. The quantitative estimate of drug-likeness (QED) is 0.719. The number of aryl methyl sites for hydroxylation is 1. The predicted octanol–water partition coefficient (Wildman–Crippen LogP) is 3.84. The van der Waals surface area contributed by atoms with E-state index in [9.17, 15) is 19.4 Å². The summed E-state index contributed by atoms with van der Waals surface area (Å²) in [4.78, 5) is 16.8. The maximum Gasteiger partial charge on any atom is 0.211 e. The standard InChI is InChI=1S/C19H14FNO3/c1-11-7-12(5-6-18(11)23)16-3-2-4-17(21-16)19(24)13-8-14(20)10-15(22)9-13/h2-10,22-23H,1H3. The van der Waals surface area contributed by atoms with Crippen molar-refractivity contribution >= 4 is 5.78 Å². The number of carbonyl (C=O) groups excluding carboxylic acids is 1. The number of hydrogen-bond donors (Lipinski definition) is 2. The molecule has 0 spiro atoms. The number of pyridine rings is 1. The first-order valence-electron chi connectivity index (χ1n) is 7.25. The molecular weight excluding hydrogens is 309 g/mol. The molecule has 0 aliphatic carbocycles. The summed E-state index contributed by atoms with van der Waals surface area (Å²) in [5.74, 6) is -1.31. The van der Waals surface area contributed by atoms with Gasteiger partial charge in [-0.3, -0.25) is 4.79 Å². The van der Waals surface area contributed by atoms with Crippen LogP contribution in [0.5, 0.6) is 11.5 Å². The third-order valence-corrected chi connectivity index (χ3v) is 3.62. The van der Waals surface area contributed by atoms with Gasteiger partial charge in [-0.1, -0.05) is 6.07 Å². The summed E-state index contributed by atoms with van der Waals surface area (Å²) in [7, 11) is 0. The maximum absolute atomic E-state index is 13.4. The zero-order valence-electron chi connectivity index (χ0n) is 12.8. The molecule has 0 atom stereocenters. The summed E-state index contributed by atoms with van der Waals surface area (Å²) in [5, 5.41) is 19.0. The van der Waals surface area contributed by atoms with Crippen LogP contribution < -0.4 is 0 Å². The molecule has 3 rings (SSSR count). The molecule has 24 heavy (non-hydrogen) atoms. The molecule has 0 amide bonds. The molecule has 1 aromatic heterocycles. The first-order chi connectivity index (χ1) is 11.4. The minimum absolute atomic E-state index is 0.0269. The number of benzene rings is 2. The molecule has 1 heterocycles. The highest BCUT2D eigenvalue weighted by Crippen LogP contribution is 2.25. The van der Waals surface area contributed by atoms with Crippen LogP contribution in [0.4, 0.5) is 4.39 Å². The molecule has 4 nitrogen and oxygen atoms in total. The Morgan fingerprint density at radius 1 is 1.04 bits per heavy atom. The second-order valence-electron chi connectivity index (χ2n) is 5.44. The second kappa shape index (κ2) is 6.12. The number of nitrogens with zero attached hydrogens (tertiary/aromatic N) is 1. The van der Waals surface area contributed by atoms with E-state index in [4.69, 9.17) is 0 Å². The Kier molecular flexibility index (Phi) is 4.00. The van der Waals surface area contributed by atoms with Crippen molar-refractivity contribution < 1.29 is 19.4 Å². The van der Waals surface area contributed by atoms with E-state index < -0.39 is 11.6 Å². The first-order valence-corrected chi connectivity index (χ1v) is 7.25. The normalized spacial score (nSPS) is 10.6. The smallest absolute Gasteiger partial charge is 0.211 e. The molecule has 2 N–H and O–H groups in total. The predicted molar refractivity (Wildman–Crippen MR) is 87.6 cm³/mol. The number of halogens is 1. The van der Waals surface area contributed by atoms with Gasteiger partial charge in [-0.15, -0.1) is 0 Å². The number of phenolic OH excluding ortho intramolecular Hbond substituents is 2. The van der Waals surface area contributed by atoms with Crippen molar-refractivity contribution in [1.82, 2.24) is 4.98 Å². The molecule has 0 fully saturated rings. The lowest BCUT2D eigenvalue weighted by atomic mass is 10.0. The van der Waals surface area contributed by atoms with Crippen LogP contribution in [0.25, 0.3) is 11.3 Å². The molecule has 0 unspecified atom stereocenters. The van der Waals surface area contributed by atoms with Gasteiger partial charge in [-0.2, -0.15) is 0 Å². The monoisotopic (exact) mass is 323 g/mol. The molecule has 3 aromatic rings. The van der Waals surface area contributed by atoms with Gasteiger partial charge >= 0.3 is 0 Å². The summed E-state index contributed by atoms with van der Waals surface area (Å²) in [5.41, 5.74) is 2.18. The number of phenols is 2. The molecular formula is C19H14FNO3. The third kappa shape index (κ3) is 3.10. The van der Waals surface area contributed by atoms with Gasteiger partial charge in [0.15, 0.2) is 0 Å². The fourth-order valence-corrected chi connectivity index (χ4v) is 2.39. The van der Waals surface area contributed by atoms with Gasteiger partial charge in [0.1, 0.15) is 23.0 Å². The Morgan fingerprint density at radius 3 is 2.54 bits per heavy atom. The molecule has 0 saturated carbocycles. The maximum atomic E-state index is 13.4.